The average Bonchev–Trinajstić information content (AvgIpc) is 2.88. The second kappa shape index (κ2) is 4.63. The van der Waals surface area contributed by atoms with Gasteiger partial charge in [-0.1, -0.05) is 11.6 Å². The van der Waals surface area contributed by atoms with Gasteiger partial charge < -0.3 is 5.32 Å². The molecule has 3 rings (SSSR count). The predicted octanol–water partition coefficient (Wildman–Crippen LogP) is 3.29. The Kier molecular flexibility index (Phi) is 2.99. The number of rotatable bonds is 3. The zero-order valence-electron chi connectivity index (χ0n) is 9.24. The van der Waals surface area contributed by atoms with Crippen LogP contribution in [0.5, 0.6) is 0 Å². The first-order valence-corrected chi connectivity index (χ1v) is 6.82. The number of halogens is 1. The summed E-state index contributed by atoms with van der Waals surface area (Å²) in [5.74, 6) is 0.704. The highest BCUT2D eigenvalue weighted by Crippen LogP contribution is 2.31. The highest BCUT2D eigenvalue weighted by atomic mass is 35.5. The first-order valence-electron chi connectivity index (χ1n) is 5.63. The van der Waals surface area contributed by atoms with Crippen LogP contribution in [0.15, 0.2) is 18.6 Å². The van der Waals surface area contributed by atoms with E-state index in [2.05, 4.69) is 21.4 Å². The zero-order valence-corrected chi connectivity index (χ0v) is 10.8. The molecule has 0 bridgehead atoms. The van der Waals surface area contributed by atoms with Crippen molar-refractivity contribution < 1.29 is 0 Å². The minimum Gasteiger partial charge on any atom is -0.364 e. The Bertz CT molecular complexity index is 517. The number of nitrogens with zero attached hydrogens (tertiary/aromatic N) is 2. The fraction of sp³-hybridized carbons (Fsp3) is 0.333. The summed E-state index contributed by atoms with van der Waals surface area (Å²) >= 11 is 7.88. The van der Waals surface area contributed by atoms with Crippen molar-refractivity contribution in [2.45, 2.75) is 25.8 Å². The zero-order chi connectivity index (χ0) is 11.7. The van der Waals surface area contributed by atoms with Crippen molar-refractivity contribution in [3.63, 3.8) is 0 Å². The summed E-state index contributed by atoms with van der Waals surface area (Å²) in [5, 5.41) is 3.81. The van der Waals surface area contributed by atoms with Crippen LogP contribution in [0.2, 0.25) is 5.02 Å². The third-order valence-electron chi connectivity index (χ3n) is 2.90. The Labute approximate surface area is 109 Å². The van der Waals surface area contributed by atoms with Gasteiger partial charge >= 0.3 is 0 Å². The van der Waals surface area contributed by atoms with E-state index in [1.54, 1.807) is 11.1 Å². The number of fused-ring (bicyclic) bond motifs is 1. The van der Waals surface area contributed by atoms with E-state index < -0.39 is 0 Å². The molecule has 0 atom stereocenters. The Hall–Kier alpha value is -1.13. The lowest BCUT2D eigenvalue weighted by molar-refractivity contribution is 0.913. The molecular weight excluding hydrogens is 254 g/mol. The van der Waals surface area contributed by atoms with Crippen molar-refractivity contribution in [1.82, 2.24) is 9.97 Å². The smallest absolute Gasteiger partial charge is 0.148 e. The molecule has 0 unspecified atom stereocenters. The van der Waals surface area contributed by atoms with E-state index in [0.29, 0.717) is 10.8 Å². The van der Waals surface area contributed by atoms with Gasteiger partial charge in [-0.15, -0.1) is 11.3 Å². The first-order chi connectivity index (χ1) is 8.33. The van der Waals surface area contributed by atoms with Crippen molar-refractivity contribution in [2.24, 2.45) is 0 Å². The SMILES string of the molecule is Clc1cncnc1NCc1cc2c(s1)CCC2. The average molecular weight is 266 g/mol. The summed E-state index contributed by atoms with van der Waals surface area (Å²) in [5.41, 5.74) is 1.53. The van der Waals surface area contributed by atoms with Crippen LogP contribution in [0.1, 0.15) is 21.7 Å². The van der Waals surface area contributed by atoms with Gasteiger partial charge in [0.05, 0.1) is 12.7 Å². The summed E-state index contributed by atoms with van der Waals surface area (Å²) in [6, 6.07) is 2.30. The van der Waals surface area contributed by atoms with Crippen LogP contribution in [0.25, 0.3) is 0 Å². The molecule has 0 aliphatic heterocycles. The number of hydrogen-bond acceptors (Lipinski definition) is 4. The molecule has 3 nitrogen and oxygen atoms in total. The lowest BCUT2D eigenvalue weighted by atomic mass is 10.2. The molecule has 88 valence electrons. The number of aromatic nitrogens is 2. The molecule has 2 heterocycles. The Balaban J connectivity index is 1.70. The standard InChI is InChI=1S/C12H12ClN3S/c13-10-6-14-7-16-12(10)15-5-9-4-8-2-1-3-11(8)17-9/h4,6-7H,1-3,5H2,(H,14,15,16). The van der Waals surface area contributed by atoms with E-state index >= 15 is 0 Å². The van der Waals surface area contributed by atoms with Gasteiger partial charge in [-0.25, -0.2) is 9.97 Å². The number of thiophene rings is 1. The van der Waals surface area contributed by atoms with Gasteiger partial charge in [-0.05, 0) is 30.9 Å². The second-order valence-electron chi connectivity index (χ2n) is 4.09. The van der Waals surface area contributed by atoms with Gasteiger partial charge in [-0.2, -0.15) is 0 Å². The first kappa shape index (κ1) is 11.0. The van der Waals surface area contributed by atoms with Crippen LogP contribution < -0.4 is 5.32 Å². The minimum absolute atomic E-state index is 0.566. The quantitative estimate of drug-likeness (QED) is 0.925. The van der Waals surface area contributed by atoms with Gasteiger partial charge in [0.2, 0.25) is 0 Å². The molecule has 1 aliphatic carbocycles. The summed E-state index contributed by atoms with van der Waals surface area (Å²) in [4.78, 5) is 10.9. The maximum absolute atomic E-state index is 5.98. The summed E-state index contributed by atoms with van der Waals surface area (Å²) in [6.45, 7) is 0.786. The Morgan fingerprint density at radius 3 is 3.18 bits per heavy atom. The topological polar surface area (TPSA) is 37.8 Å². The molecule has 5 heteroatoms. The molecule has 0 spiro atoms. The maximum atomic E-state index is 5.98. The van der Waals surface area contributed by atoms with Crippen molar-refractivity contribution in [2.75, 3.05) is 5.32 Å². The monoisotopic (exact) mass is 265 g/mol. The molecule has 0 saturated heterocycles. The summed E-state index contributed by atoms with van der Waals surface area (Å²) < 4.78 is 0. The molecule has 0 fully saturated rings. The molecule has 2 aromatic heterocycles. The van der Waals surface area contributed by atoms with Crippen LogP contribution in [0.4, 0.5) is 5.82 Å². The van der Waals surface area contributed by atoms with Gasteiger partial charge in [-0.3, -0.25) is 0 Å². The number of nitrogens with one attached hydrogen (secondary N) is 1. The Morgan fingerprint density at radius 2 is 2.35 bits per heavy atom. The molecule has 0 saturated carbocycles. The largest absolute Gasteiger partial charge is 0.364 e. The van der Waals surface area contributed by atoms with Crippen LogP contribution in [-0.2, 0) is 19.4 Å². The Morgan fingerprint density at radius 1 is 1.41 bits per heavy atom. The van der Waals surface area contributed by atoms with Gasteiger partial charge in [0.25, 0.3) is 0 Å². The van der Waals surface area contributed by atoms with Crippen molar-refractivity contribution in [1.29, 1.82) is 0 Å². The van der Waals surface area contributed by atoms with Gasteiger partial charge in [0.1, 0.15) is 17.2 Å². The predicted molar refractivity (Wildman–Crippen MR) is 70.7 cm³/mol. The van der Waals surface area contributed by atoms with E-state index in [-0.39, 0.29) is 0 Å². The van der Waals surface area contributed by atoms with Crippen LogP contribution >= 0.6 is 22.9 Å². The van der Waals surface area contributed by atoms with E-state index in [4.69, 9.17) is 11.6 Å². The van der Waals surface area contributed by atoms with Crippen LogP contribution in [0.3, 0.4) is 0 Å². The van der Waals surface area contributed by atoms with E-state index in [9.17, 15) is 0 Å². The van der Waals surface area contributed by atoms with Crippen LogP contribution in [-0.4, -0.2) is 9.97 Å². The molecule has 0 amide bonds. The second-order valence-corrected chi connectivity index (χ2v) is 5.72. The lowest BCUT2D eigenvalue weighted by Crippen LogP contribution is -2.00. The fourth-order valence-electron chi connectivity index (χ4n) is 2.09. The summed E-state index contributed by atoms with van der Waals surface area (Å²) in [6.07, 6.45) is 6.90. The van der Waals surface area contributed by atoms with E-state index in [1.807, 2.05) is 11.3 Å². The lowest BCUT2D eigenvalue weighted by Gasteiger charge is -2.04. The highest BCUT2D eigenvalue weighted by Gasteiger charge is 2.14. The third kappa shape index (κ3) is 2.28. The molecule has 1 N–H and O–H groups in total. The third-order valence-corrected chi connectivity index (χ3v) is 4.41. The van der Waals surface area contributed by atoms with Gasteiger partial charge in [0.15, 0.2) is 0 Å². The normalized spacial score (nSPS) is 13.7. The number of aryl methyl sites for hydroxylation is 2. The molecular formula is C12H12ClN3S. The molecule has 0 radical (unpaired) electrons. The molecule has 0 aromatic carbocycles. The minimum atomic E-state index is 0.566. The van der Waals surface area contributed by atoms with Crippen molar-refractivity contribution in [3.05, 3.63) is 38.9 Å². The van der Waals surface area contributed by atoms with E-state index in [0.717, 1.165) is 6.54 Å². The van der Waals surface area contributed by atoms with Crippen LogP contribution in [0, 0.1) is 0 Å². The molecule has 2 aromatic rings. The molecule has 17 heavy (non-hydrogen) atoms. The van der Waals surface area contributed by atoms with Crippen molar-refractivity contribution >= 4 is 28.8 Å². The maximum Gasteiger partial charge on any atom is 0.148 e. The number of anilines is 1. The summed E-state index contributed by atoms with van der Waals surface area (Å²) in [7, 11) is 0. The fourth-order valence-corrected chi connectivity index (χ4v) is 3.46. The van der Waals surface area contributed by atoms with Gasteiger partial charge in [0, 0.05) is 9.75 Å². The number of hydrogen-bond donors (Lipinski definition) is 1. The van der Waals surface area contributed by atoms with Crippen molar-refractivity contribution in [3.8, 4) is 0 Å². The molecule has 1 aliphatic rings. The highest BCUT2D eigenvalue weighted by molar-refractivity contribution is 7.12. The van der Waals surface area contributed by atoms with E-state index in [1.165, 1.54) is 36.0 Å².